The third kappa shape index (κ3) is 3.54. The summed E-state index contributed by atoms with van der Waals surface area (Å²) in [5.41, 5.74) is -0.886. The molecule has 0 saturated heterocycles. The van der Waals surface area contributed by atoms with E-state index < -0.39 is 17.2 Å². The van der Waals surface area contributed by atoms with Crippen molar-refractivity contribution in [2.75, 3.05) is 0 Å². The van der Waals surface area contributed by atoms with Crippen LogP contribution >= 0.6 is 0 Å². The number of halogens is 2. The first-order chi connectivity index (χ1) is 13.5. The summed E-state index contributed by atoms with van der Waals surface area (Å²) < 4.78 is 31.1. The number of benzene rings is 2. The molecule has 8 heteroatoms. The maximum Gasteiger partial charge on any atom is 0.139 e. The minimum atomic E-state index is -1.71. The largest absolute Gasteiger partial charge is 0.381 e. The summed E-state index contributed by atoms with van der Waals surface area (Å²) >= 11 is 0. The number of hydrogen-bond donors (Lipinski definition) is 1. The SMILES string of the molecule is OC(Cn1cncn1)(Cn1ccnc1-c1ccccc1)c1ccc(F)cc1F. The topological polar surface area (TPSA) is 68.8 Å². The zero-order chi connectivity index (χ0) is 19.6. The molecule has 0 aliphatic heterocycles. The number of imidazole rings is 1. The van der Waals surface area contributed by atoms with Gasteiger partial charge in [-0.1, -0.05) is 36.4 Å². The standard InChI is InChI=1S/C20H17F2N5O/c21-16-6-7-17(18(22)10-16)20(28,12-27-14-23-13-25-27)11-26-9-8-24-19(26)15-4-2-1-3-5-15/h1-10,13-14,28H,11-12H2. The van der Waals surface area contributed by atoms with Gasteiger partial charge in [-0.3, -0.25) is 0 Å². The van der Waals surface area contributed by atoms with E-state index in [1.54, 1.807) is 17.0 Å². The first kappa shape index (κ1) is 18.0. The Morgan fingerprint density at radius 3 is 2.57 bits per heavy atom. The van der Waals surface area contributed by atoms with Crippen LogP contribution in [0.1, 0.15) is 5.56 Å². The van der Waals surface area contributed by atoms with E-state index in [4.69, 9.17) is 0 Å². The fourth-order valence-electron chi connectivity index (χ4n) is 3.24. The summed E-state index contributed by atoms with van der Waals surface area (Å²) in [7, 11) is 0. The summed E-state index contributed by atoms with van der Waals surface area (Å²) in [5.74, 6) is -0.916. The monoisotopic (exact) mass is 381 g/mol. The van der Waals surface area contributed by atoms with E-state index in [1.165, 1.54) is 23.4 Å². The molecule has 2 aromatic carbocycles. The smallest absolute Gasteiger partial charge is 0.139 e. The van der Waals surface area contributed by atoms with Crippen molar-refractivity contribution in [3.8, 4) is 11.4 Å². The molecule has 0 radical (unpaired) electrons. The summed E-state index contributed by atoms with van der Waals surface area (Å²) in [6.45, 7) is -0.0817. The summed E-state index contributed by atoms with van der Waals surface area (Å²) in [6.07, 6.45) is 6.07. The van der Waals surface area contributed by atoms with Gasteiger partial charge in [0.2, 0.25) is 0 Å². The van der Waals surface area contributed by atoms with Crippen LogP contribution in [0.25, 0.3) is 11.4 Å². The number of rotatable bonds is 6. The van der Waals surface area contributed by atoms with Crippen LogP contribution in [0.4, 0.5) is 8.78 Å². The molecule has 1 N–H and O–H groups in total. The Morgan fingerprint density at radius 1 is 1.04 bits per heavy atom. The van der Waals surface area contributed by atoms with Gasteiger partial charge in [0.05, 0.1) is 13.1 Å². The average Bonchev–Trinajstić information content (AvgIpc) is 3.34. The van der Waals surface area contributed by atoms with Crippen LogP contribution < -0.4 is 0 Å². The molecule has 2 aromatic heterocycles. The molecule has 0 aliphatic carbocycles. The average molecular weight is 381 g/mol. The van der Waals surface area contributed by atoms with Gasteiger partial charge in [-0.25, -0.2) is 23.4 Å². The molecular weight excluding hydrogens is 364 g/mol. The fourth-order valence-corrected chi connectivity index (χ4v) is 3.24. The lowest BCUT2D eigenvalue weighted by atomic mass is 9.92. The molecule has 28 heavy (non-hydrogen) atoms. The maximum absolute atomic E-state index is 14.6. The fraction of sp³-hybridized carbons (Fsp3) is 0.150. The number of nitrogens with zero attached hydrogens (tertiary/aromatic N) is 5. The molecule has 1 unspecified atom stereocenters. The molecule has 2 heterocycles. The number of hydrogen-bond acceptors (Lipinski definition) is 4. The first-order valence-electron chi connectivity index (χ1n) is 8.62. The predicted molar refractivity (Wildman–Crippen MR) is 97.9 cm³/mol. The predicted octanol–water partition coefficient (Wildman–Crippen LogP) is 3.01. The molecule has 142 valence electrons. The van der Waals surface area contributed by atoms with Crippen molar-refractivity contribution in [1.29, 1.82) is 0 Å². The van der Waals surface area contributed by atoms with Gasteiger partial charge >= 0.3 is 0 Å². The van der Waals surface area contributed by atoms with E-state index in [0.717, 1.165) is 17.7 Å². The second-order valence-corrected chi connectivity index (χ2v) is 6.49. The van der Waals surface area contributed by atoms with E-state index in [0.29, 0.717) is 5.82 Å². The molecule has 0 aliphatic rings. The molecule has 4 rings (SSSR count). The van der Waals surface area contributed by atoms with Gasteiger partial charge in [-0.05, 0) is 6.07 Å². The second kappa shape index (κ2) is 7.32. The van der Waals surface area contributed by atoms with E-state index in [1.807, 2.05) is 30.3 Å². The highest BCUT2D eigenvalue weighted by Crippen LogP contribution is 2.30. The molecule has 0 spiro atoms. The highest BCUT2D eigenvalue weighted by Gasteiger charge is 2.34. The molecule has 1 atom stereocenters. The molecule has 0 saturated carbocycles. The molecule has 4 aromatic rings. The van der Waals surface area contributed by atoms with E-state index >= 15 is 0 Å². The Bertz CT molecular complexity index is 1070. The van der Waals surface area contributed by atoms with Crippen molar-refractivity contribution in [1.82, 2.24) is 24.3 Å². The van der Waals surface area contributed by atoms with Crippen molar-refractivity contribution in [2.24, 2.45) is 0 Å². The molecule has 0 bridgehead atoms. The Labute approximate surface area is 159 Å². The third-order valence-electron chi connectivity index (χ3n) is 4.50. The number of aliphatic hydroxyl groups is 1. The Morgan fingerprint density at radius 2 is 1.86 bits per heavy atom. The first-order valence-corrected chi connectivity index (χ1v) is 8.62. The summed E-state index contributed by atoms with van der Waals surface area (Å²) in [6, 6.07) is 12.6. The van der Waals surface area contributed by atoms with Crippen LogP contribution in [-0.4, -0.2) is 29.4 Å². The van der Waals surface area contributed by atoms with Gasteiger partial charge in [0.15, 0.2) is 0 Å². The van der Waals surface area contributed by atoms with Gasteiger partial charge in [0.1, 0.15) is 35.7 Å². The van der Waals surface area contributed by atoms with Crippen molar-refractivity contribution >= 4 is 0 Å². The van der Waals surface area contributed by atoms with Crippen molar-refractivity contribution in [3.63, 3.8) is 0 Å². The van der Waals surface area contributed by atoms with Crippen LogP contribution in [0.15, 0.2) is 73.6 Å². The van der Waals surface area contributed by atoms with Crippen molar-refractivity contribution in [3.05, 3.63) is 90.8 Å². The quantitative estimate of drug-likeness (QED) is 0.558. The van der Waals surface area contributed by atoms with Crippen LogP contribution in [0, 0.1) is 11.6 Å². The lowest BCUT2D eigenvalue weighted by Gasteiger charge is -2.30. The van der Waals surface area contributed by atoms with Gasteiger partial charge in [0, 0.05) is 29.6 Å². The third-order valence-corrected chi connectivity index (χ3v) is 4.50. The summed E-state index contributed by atoms with van der Waals surface area (Å²) in [4.78, 5) is 8.23. The Balaban J connectivity index is 1.76. The highest BCUT2D eigenvalue weighted by molar-refractivity contribution is 5.55. The van der Waals surface area contributed by atoms with Gasteiger partial charge in [-0.15, -0.1) is 0 Å². The maximum atomic E-state index is 14.6. The van der Waals surface area contributed by atoms with Gasteiger partial charge in [-0.2, -0.15) is 5.10 Å². The molecular formula is C20H17F2N5O. The molecule has 0 fully saturated rings. The summed E-state index contributed by atoms with van der Waals surface area (Å²) in [5, 5.41) is 15.5. The van der Waals surface area contributed by atoms with E-state index in [9.17, 15) is 13.9 Å². The van der Waals surface area contributed by atoms with Crippen molar-refractivity contribution < 1.29 is 13.9 Å². The van der Waals surface area contributed by atoms with E-state index in [-0.39, 0.29) is 18.7 Å². The van der Waals surface area contributed by atoms with Crippen molar-refractivity contribution in [2.45, 2.75) is 18.7 Å². The van der Waals surface area contributed by atoms with Crippen LogP contribution in [-0.2, 0) is 18.7 Å². The normalized spacial score (nSPS) is 13.4. The minimum Gasteiger partial charge on any atom is -0.381 e. The zero-order valence-corrected chi connectivity index (χ0v) is 14.8. The second-order valence-electron chi connectivity index (χ2n) is 6.49. The van der Waals surface area contributed by atoms with Crippen LogP contribution in [0.5, 0.6) is 0 Å². The Kier molecular flexibility index (Phi) is 4.70. The van der Waals surface area contributed by atoms with Gasteiger partial charge < -0.3 is 9.67 Å². The zero-order valence-electron chi connectivity index (χ0n) is 14.8. The number of aromatic nitrogens is 5. The van der Waals surface area contributed by atoms with Crippen LogP contribution in [0.2, 0.25) is 0 Å². The molecule has 0 amide bonds. The van der Waals surface area contributed by atoms with E-state index in [2.05, 4.69) is 15.1 Å². The van der Waals surface area contributed by atoms with Crippen LogP contribution in [0.3, 0.4) is 0 Å². The lowest BCUT2D eigenvalue weighted by molar-refractivity contribution is -0.00505. The lowest BCUT2D eigenvalue weighted by Crippen LogP contribution is -2.37. The highest BCUT2D eigenvalue weighted by atomic mass is 19.1. The Hall–Kier alpha value is -3.39. The van der Waals surface area contributed by atoms with Gasteiger partial charge in [0.25, 0.3) is 0 Å². The minimum absolute atomic E-state index is 0.0142. The molecule has 6 nitrogen and oxygen atoms in total.